The Morgan fingerprint density at radius 1 is 0.824 bits per heavy atom. The molecule has 4 nitrogen and oxygen atoms in total. The number of ketones is 2. The van der Waals surface area contributed by atoms with E-state index in [4.69, 9.17) is 9.47 Å². The second-order valence-electron chi connectivity index (χ2n) is 7.95. The molecule has 5 rings (SSSR count). The topological polar surface area (TPSA) is 52.6 Å². The molecule has 0 N–H and O–H groups in total. The molecule has 0 saturated heterocycles. The first-order valence-corrected chi connectivity index (χ1v) is 11.8. The van der Waals surface area contributed by atoms with Crippen molar-refractivity contribution in [1.29, 1.82) is 0 Å². The van der Waals surface area contributed by atoms with Crippen LogP contribution in [0.5, 0.6) is 11.5 Å². The Hall–Kier alpha value is -3.70. The molecule has 4 aromatic rings. The van der Waals surface area contributed by atoms with Crippen molar-refractivity contribution in [3.05, 3.63) is 111 Å². The maximum atomic E-state index is 12.8. The smallest absolute Gasteiger partial charge is 0.197 e. The molecule has 0 aromatic heterocycles. The molecule has 1 aliphatic rings. The third kappa shape index (κ3) is 4.03. The van der Waals surface area contributed by atoms with Gasteiger partial charge >= 0.3 is 0 Å². The van der Waals surface area contributed by atoms with Gasteiger partial charge in [0.2, 0.25) is 0 Å². The summed E-state index contributed by atoms with van der Waals surface area (Å²) in [5, 5.41) is 2.29. The summed E-state index contributed by atoms with van der Waals surface area (Å²) in [4.78, 5) is 25.6. The number of carbonyl (C=O) groups excluding carboxylic acids is 2. The van der Waals surface area contributed by atoms with Crippen LogP contribution in [0.1, 0.15) is 38.8 Å². The first kappa shape index (κ1) is 22.1. The van der Waals surface area contributed by atoms with Gasteiger partial charge in [0.05, 0.1) is 16.7 Å². The van der Waals surface area contributed by atoms with Crippen molar-refractivity contribution in [2.24, 2.45) is 0 Å². The van der Waals surface area contributed by atoms with E-state index in [9.17, 15) is 9.59 Å². The summed E-state index contributed by atoms with van der Waals surface area (Å²) in [5.74, 6) is 0.598. The fourth-order valence-electron chi connectivity index (χ4n) is 4.21. The first-order chi connectivity index (χ1) is 16.6. The summed E-state index contributed by atoms with van der Waals surface area (Å²) in [6.45, 7) is 2.71. The van der Waals surface area contributed by atoms with Crippen LogP contribution in [0.15, 0.2) is 88.9 Å². The number of benzene rings is 4. The number of halogens is 1. The van der Waals surface area contributed by atoms with Crippen LogP contribution in [0.25, 0.3) is 16.8 Å². The normalized spacial score (nSPS) is 12.7. The van der Waals surface area contributed by atoms with Gasteiger partial charge < -0.3 is 9.47 Å². The number of fused-ring (bicyclic) bond motifs is 2. The van der Waals surface area contributed by atoms with Crippen LogP contribution in [-0.4, -0.2) is 18.2 Å². The molecular weight excluding hydrogens is 492 g/mol. The molecular formula is C29H21BrO4. The van der Waals surface area contributed by atoms with E-state index >= 15 is 0 Å². The lowest BCUT2D eigenvalue weighted by atomic mass is 10.1. The van der Waals surface area contributed by atoms with Crippen molar-refractivity contribution in [1.82, 2.24) is 0 Å². The summed E-state index contributed by atoms with van der Waals surface area (Å²) < 4.78 is 12.7. The first-order valence-electron chi connectivity index (χ1n) is 11.0. The third-order valence-electron chi connectivity index (χ3n) is 5.80. The van der Waals surface area contributed by atoms with Crippen molar-refractivity contribution in [2.45, 2.75) is 13.5 Å². The highest BCUT2D eigenvalue weighted by Crippen LogP contribution is 2.39. The summed E-state index contributed by atoms with van der Waals surface area (Å²) in [6, 6.07) is 24.8. The predicted molar refractivity (Wildman–Crippen MR) is 137 cm³/mol. The van der Waals surface area contributed by atoms with Crippen LogP contribution < -0.4 is 9.47 Å². The lowest BCUT2D eigenvalue weighted by Crippen LogP contribution is -2.03. The molecule has 168 valence electrons. The molecule has 0 fully saturated rings. The van der Waals surface area contributed by atoms with Gasteiger partial charge in [0, 0.05) is 11.1 Å². The molecule has 0 unspecified atom stereocenters. The number of Topliss-reactive ketones (excluding diaryl/α,β-unsaturated/α-hetero) is 2. The standard InChI is InChI=1S/C29H21BrO4/c1-2-33-26-16-18(14-24-27(31)22-12-5-6-13-23(22)28(24)32)15-25(30)29(26)34-17-20-10-7-9-19-8-3-4-11-21(19)20/h3-16H,2,17H2,1H3. The number of hydrogen-bond acceptors (Lipinski definition) is 4. The number of hydrogen-bond donors (Lipinski definition) is 0. The molecule has 0 spiro atoms. The minimum Gasteiger partial charge on any atom is -0.490 e. The van der Waals surface area contributed by atoms with E-state index in [-0.39, 0.29) is 17.1 Å². The van der Waals surface area contributed by atoms with Gasteiger partial charge in [0.25, 0.3) is 0 Å². The average molecular weight is 513 g/mol. The molecule has 1 aliphatic carbocycles. The highest BCUT2D eigenvalue weighted by molar-refractivity contribution is 9.10. The molecule has 0 saturated carbocycles. The average Bonchev–Trinajstić information content (AvgIpc) is 3.09. The van der Waals surface area contributed by atoms with Gasteiger partial charge in [-0.25, -0.2) is 0 Å². The van der Waals surface area contributed by atoms with Crippen LogP contribution in [0.3, 0.4) is 0 Å². The van der Waals surface area contributed by atoms with E-state index in [1.165, 1.54) is 0 Å². The quantitative estimate of drug-likeness (QED) is 0.205. The Balaban J connectivity index is 1.47. The van der Waals surface area contributed by atoms with E-state index in [0.717, 1.165) is 16.3 Å². The lowest BCUT2D eigenvalue weighted by molar-refractivity contribution is 0.0990. The Labute approximate surface area is 206 Å². The second kappa shape index (κ2) is 9.27. The Bertz CT molecular complexity index is 1430. The molecule has 34 heavy (non-hydrogen) atoms. The monoisotopic (exact) mass is 512 g/mol. The van der Waals surface area contributed by atoms with E-state index in [1.54, 1.807) is 36.4 Å². The van der Waals surface area contributed by atoms with Gasteiger partial charge in [-0.05, 0) is 63.0 Å². The molecule has 0 heterocycles. The molecule has 0 amide bonds. The Morgan fingerprint density at radius 2 is 1.50 bits per heavy atom. The van der Waals surface area contributed by atoms with Gasteiger partial charge in [0.1, 0.15) is 6.61 Å². The van der Waals surface area contributed by atoms with Crippen LogP contribution in [0, 0.1) is 0 Å². The minimum absolute atomic E-state index is 0.153. The SMILES string of the molecule is CCOc1cc(C=C2C(=O)c3ccccc3C2=O)cc(Br)c1OCc1cccc2ccccc12. The number of allylic oxidation sites excluding steroid dienone is 1. The second-order valence-corrected chi connectivity index (χ2v) is 8.81. The summed E-state index contributed by atoms with van der Waals surface area (Å²) >= 11 is 3.60. The zero-order valence-corrected chi connectivity index (χ0v) is 20.1. The van der Waals surface area contributed by atoms with Crippen LogP contribution >= 0.6 is 15.9 Å². The van der Waals surface area contributed by atoms with Gasteiger partial charge in [-0.2, -0.15) is 0 Å². The van der Waals surface area contributed by atoms with Crippen molar-refractivity contribution in [3.8, 4) is 11.5 Å². The number of ether oxygens (including phenoxy) is 2. The fourth-order valence-corrected chi connectivity index (χ4v) is 4.79. The zero-order valence-electron chi connectivity index (χ0n) is 18.5. The van der Waals surface area contributed by atoms with Crippen molar-refractivity contribution < 1.29 is 19.1 Å². The maximum absolute atomic E-state index is 12.8. The van der Waals surface area contributed by atoms with E-state index in [2.05, 4.69) is 34.1 Å². The zero-order chi connectivity index (χ0) is 23.7. The van der Waals surface area contributed by atoms with Crippen molar-refractivity contribution in [3.63, 3.8) is 0 Å². The molecule has 0 atom stereocenters. The van der Waals surface area contributed by atoms with Crippen molar-refractivity contribution >= 4 is 44.3 Å². The van der Waals surface area contributed by atoms with Gasteiger partial charge in [0.15, 0.2) is 23.1 Å². The Kier molecular flexibility index (Phi) is 6.03. The van der Waals surface area contributed by atoms with Crippen LogP contribution in [0.4, 0.5) is 0 Å². The predicted octanol–water partition coefficient (Wildman–Crippen LogP) is 7.04. The van der Waals surface area contributed by atoms with E-state index in [1.807, 2.05) is 37.3 Å². The van der Waals surface area contributed by atoms with Crippen LogP contribution in [0.2, 0.25) is 0 Å². The summed E-state index contributed by atoms with van der Waals surface area (Å²) in [7, 11) is 0. The van der Waals surface area contributed by atoms with E-state index < -0.39 is 0 Å². The molecule has 0 bridgehead atoms. The Morgan fingerprint density at radius 3 is 2.24 bits per heavy atom. The largest absolute Gasteiger partial charge is 0.490 e. The highest BCUT2D eigenvalue weighted by atomic mass is 79.9. The summed E-state index contributed by atoms with van der Waals surface area (Å²) in [6.07, 6.45) is 1.62. The number of rotatable bonds is 6. The molecule has 0 radical (unpaired) electrons. The summed E-state index contributed by atoms with van der Waals surface area (Å²) in [5.41, 5.74) is 2.78. The van der Waals surface area contributed by atoms with Gasteiger partial charge in [-0.1, -0.05) is 66.7 Å². The minimum atomic E-state index is -0.258. The molecule has 0 aliphatic heterocycles. The fraction of sp³-hybridized carbons (Fsp3) is 0.103. The van der Waals surface area contributed by atoms with Gasteiger partial charge in [-0.3, -0.25) is 9.59 Å². The van der Waals surface area contributed by atoms with Crippen molar-refractivity contribution in [2.75, 3.05) is 6.61 Å². The lowest BCUT2D eigenvalue weighted by Gasteiger charge is -2.16. The maximum Gasteiger partial charge on any atom is 0.197 e. The molecule has 4 aromatic carbocycles. The highest BCUT2D eigenvalue weighted by Gasteiger charge is 2.32. The third-order valence-corrected chi connectivity index (χ3v) is 6.39. The molecule has 5 heteroatoms. The van der Waals surface area contributed by atoms with Crippen LogP contribution in [-0.2, 0) is 6.61 Å². The number of carbonyl (C=O) groups is 2. The van der Waals surface area contributed by atoms with Gasteiger partial charge in [-0.15, -0.1) is 0 Å². The van der Waals surface area contributed by atoms with E-state index in [0.29, 0.717) is 45.9 Å².